The second-order valence-corrected chi connectivity index (χ2v) is 4.42. The first-order valence-electron chi connectivity index (χ1n) is 4.83. The molecule has 0 aliphatic carbocycles. The van der Waals surface area contributed by atoms with Crippen LogP contribution in [0.15, 0.2) is 35.5 Å². The Kier molecular flexibility index (Phi) is 2.97. The fourth-order valence-electron chi connectivity index (χ4n) is 1.42. The summed E-state index contributed by atoms with van der Waals surface area (Å²) in [5, 5.41) is 1.78. The van der Waals surface area contributed by atoms with Gasteiger partial charge in [0.15, 0.2) is 5.17 Å². The van der Waals surface area contributed by atoms with Crippen molar-refractivity contribution >= 4 is 33.5 Å². The number of aliphatic imine (C=N–C) groups is 1. The molecule has 4 heteroatoms. The van der Waals surface area contributed by atoms with Gasteiger partial charge in [0.25, 0.3) is 0 Å². The molecule has 0 bridgehead atoms. The molecular formula is C11H13N3S. The highest BCUT2D eigenvalue weighted by molar-refractivity contribution is 8.13. The van der Waals surface area contributed by atoms with Gasteiger partial charge in [-0.2, -0.15) is 0 Å². The van der Waals surface area contributed by atoms with Crippen molar-refractivity contribution in [2.45, 2.75) is 6.92 Å². The summed E-state index contributed by atoms with van der Waals surface area (Å²) in [6.45, 7) is 2.06. The molecule has 2 rings (SSSR count). The van der Waals surface area contributed by atoms with Crippen LogP contribution in [0.2, 0.25) is 0 Å². The number of aromatic amines is 1. The van der Waals surface area contributed by atoms with Crippen molar-refractivity contribution in [1.29, 1.82) is 0 Å². The summed E-state index contributed by atoms with van der Waals surface area (Å²) in [7, 11) is 0. The molecule has 3 nitrogen and oxygen atoms in total. The molecule has 2 aromatic rings. The minimum Gasteiger partial charge on any atom is -0.378 e. The first-order chi connectivity index (χ1) is 7.29. The second kappa shape index (κ2) is 4.40. The summed E-state index contributed by atoms with van der Waals surface area (Å²) in [4.78, 5) is 7.46. The lowest BCUT2D eigenvalue weighted by Gasteiger charge is -1.98. The molecule has 0 saturated carbocycles. The number of aromatic nitrogens is 1. The van der Waals surface area contributed by atoms with Gasteiger partial charge < -0.3 is 10.7 Å². The lowest BCUT2D eigenvalue weighted by Crippen LogP contribution is -2.05. The first kappa shape index (κ1) is 10.1. The number of H-pyrrole nitrogens is 1. The number of hydrogen-bond donors (Lipinski definition) is 2. The molecule has 1 heterocycles. The topological polar surface area (TPSA) is 54.2 Å². The molecule has 0 spiro atoms. The van der Waals surface area contributed by atoms with E-state index >= 15 is 0 Å². The summed E-state index contributed by atoms with van der Waals surface area (Å²) in [6, 6.07) is 8.02. The van der Waals surface area contributed by atoms with E-state index in [1.807, 2.05) is 30.5 Å². The van der Waals surface area contributed by atoms with Crippen molar-refractivity contribution in [2.75, 3.05) is 5.75 Å². The highest BCUT2D eigenvalue weighted by Crippen LogP contribution is 2.20. The predicted molar refractivity (Wildman–Crippen MR) is 67.7 cm³/mol. The highest BCUT2D eigenvalue weighted by atomic mass is 32.2. The van der Waals surface area contributed by atoms with E-state index in [2.05, 4.69) is 16.9 Å². The van der Waals surface area contributed by atoms with Gasteiger partial charge in [0, 0.05) is 17.1 Å². The second-order valence-electron chi connectivity index (χ2n) is 3.13. The summed E-state index contributed by atoms with van der Waals surface area (Å²) in [6.07, 6.45) is 1.92. The zero-order valence-corrected chi connectivity index (χ0v) is 9.34. The van der Waals surface area contributed by atoms with E-state index in [0.29, 0.717) is 5.17 Å². The van der Waals surface area contributed by atoms with Crippen molar-refractivity contribution in [3.05, 3.63) is 30.5 Å². The van der Waals surface area contributed by atoms with Crippen LogP contribution in [-0.2, 0) is 0 Å². The minimum absolute atomic E-state index is 0.618. The van der Waals surface area contributed by atoms with E-state index in [9.17, 15) is 0 Å². The standard InChI is InChI=1S/C11H13N3S/c1-2-15-11(12)14-9-3-4-10-8(7-9)5-6-13-10/h3-7,13H,2H2,1H3,(H2,12,14). The maximum Gasteiger partial charge on any atom is 0.159 e. The average molecular weight is 219 g/mol. The molecule has 15 heavy (non-hydrogen) atoms. The summed E-state index contributed by atoms with van der Waals surface area (Å²) in [5.41, 5.74) is 7.77. The van der Waals surface area contributed by atoms with Crippen LogP contribution in [0.3, 0.4) is 0 Å². The van der Waals surface area contributed by atoms with Crippen LogP contribution in [0.4, 0.5) is 5.69 Å². The Morgan fingerprint density at radius 1 is 1.47 bits per heavy atom. The van der Waals surface area contributed by atoms with Crippen molar-refractivity contribution in [3.63, 3.8) is 0 Å². The Hall–Kier alpha value is -1.42. The van der Waals surface area contributed by atoms with Gasteiger partial charge in [-0.15, -0.1) is 0 Å². The van der Waals surface area contributed by atoms with E-state index in [0.717, 1.165) is 22.3 Å². The third kappa shape index (κ3) is 2.33. The third-order valence-electron chi connectivity index (χ3n) is 2.07. The van der Waals surface area contributed by atoms with E-state index in [-0.39, 0.29) is 0 Å². The largest absolute Gasteiger partial charge is 0.378 e. The molecule has 0 aliphatic heterocycles. The SMILES string of the molecule is CCSC(N)=Nc1ccc2[nH]ccc2c1. The predicted octanol–water partition coefficient (Wildman–Crippen LogP) is 2.87. The normalized spacial score (nSPS) is 12.2. The van der Waals surface area contributed by atoms with E-state index < -0.39 is 0 Å². The number of rotatable bonds is 2. The molecule has 3 N–H and O–H groups in total. The number of hydrogen-bond acceptors (Lipinski definition) is 2. The fourth-order valence-corrected chi connectivity index (χ4v) is 1.88. The molecule has 0 amide bonds. The zero-order chi connectivity index (χ0) is 10.7. The summed E-state index contributed by atoms with van der Waals surface area (Å²) >= 11 is 1.55. The number of fused-ring (bicyclic) bond motifs is 1. The molecule has 0 aliphatic rings. The molecular weight excluding hydrogens is 206 g/mol. The molecule has 1 aromatic heterocycles. The number of nitrogens with one attached hydrogen (secondary N) is 1. The van der Waals surface area contributed by atoms with Crippen LogP contribution >= 0.6 is 11.8 Å². The van der Waals surface area contributed by atoms with Crippen LogP contribution in [0.1, 0.15) is 6.92 Å². The van der Waals surface area contributed by atoms with Gasteiger partial charge in [-0.1, -0.05) is 18.7 Å². The monoisotopic (exact) mass is 219 g/mol. The number of benzene rings is 1. The van der Waals surface area contributed by atoms with Gasteiger partial charge in [0.2, 0.25) is 0 Å². The summed E-state index contributed by atoms with van der Waals surface area (Å²) in [5.74, 6) is 0.946. The number of nitrogens with two attached hydrogens (primary N) is 1. The first-order valence-corrected chi connectivity index (χ1v) is 5.82. The van der Waals surface area contributed by atoms with Crippen LogP contribution in [0.25, 0.3) is 10.9 Å². The Morgan fingerprint density at radius 2 is 2.33 bits per heavy atom. The maximum atomic E-state index is 5.74. The van der Waals surface area contributed by atoms with Crippen LogP contribution < -0.4 is 5.73 Å². The Morgan fingerprint density at radius 3 is 3.13 bits per heavy atom. The Balaban J connectivity index is 2.31. The Bertz CT molecular complexity index is 487. The molecule has 0 unspecified atom stereocenters. The van der Waals surface area contributed by atoms with Gasteiger partial charge in [0.05, 0.1) is 5.69 Å². The van der Waals surface area contributed by atoms with E-state index in [4.69, 9.17) is 5.73 Å². The fraction of sp³-hybridized carbons (Fsp3) is 0.182. The summed E-state index contributed by atoms with van der Waals surface area (Å²) < 4.78 is 0. The van der Waals surface area contributed by atoms with Crippen molar-refractivity contribution in [3.8, 4) is 0 Å². The molecule has 0 fully saturated rings. The van der Waals surface area contributed by atoms with Crippen molar-refractivity contribution < 1.29 is 0 Å². The van der Waals surface area contributed by atoms with Gasteiger partial charge in [-0.05, 0) is 30.0 Å². The quantitative estimate of drug-likeness (QED) is 0.602. The minimum atomic E-state index is 0.618. The van der Waals surface area contributed by atoms with Gasteiger partial charge in [-0.3, -0.25) is 0 Å². The molecule has 78 valence electrons. The Labute approximate surface area is 92.8 Å². The number of thioether (sulfide) groups is 1. The van der Waals surface area contributed by atoms with Gasteiger partial charge in [-0.25, -0.2) is 4.99 Å². The van der Waals surface area contributed by atoms with Crippen molar-refractivity contribution in [2.24, 2.45) is 10.7 Å². The lowest BCUT2D eigenvalue weighted by atomic mass is 10.2. The molecule has 0 radical (unpaired) electrons. The molecule has 0 atom stereocenters. The van der Waals surface area contributed by atoms with Gasteiger partial charge in [0.1, 0.15) is 0 Å². The van der Waals surface area contributed by atoms with Gasteiger partial charge >= 0.3 is 0 Å². The van der Waals surface area contributed by atoms with E-state index in [1.54, 1.807) is 11.8 Å². The smallest absolute Gasteiger partial charge is 0.159 e. The highest BCUT2D eigenvalue weighted by Gasteiger charge is 1.97. The third-order valence-corrected chi connectivity index (χ3v) is 2.74. The van der Waals surface area contributed by atoms with E-state index in [1.165, 1.54) is 0 Å². The average Bonchev–Trinajstić information content (AvgIpc) is 2.65. The van der Waals surface area contributed by atoms with Crippen LogP contribution in [-0.4, -0.2) is 15.9 Å². The lowest BCUT2D eigenvalue weighted by molar-refractivity contribution is 1.47. The zero-order valence-electron chi connectivity index (χ0n) is 8.53. The van der Waals surface area contributed by atoms with Crippen molar-refractivity contribution in [1.82, 2.24) is 4.98 Å². The van der Waals surface area contributed by atoms with Crippen LogP contribution in [0, 0.1) is 0 Å². The number of amidine groups is 1. The molecule has 1 aromatic carbocycles. The number of nitrogens with zero attached hydrogens (tertiary/aromatic N) is 1. The maximum absolute atomic E-state index is 5.74. The molecule has 0 saturated heterocycles. The van der Waals surface area contributed by atoms with Crippen LogP contribution in [0.5, 0.6) is 0 Å².